The van der Waals surface area contributed by atoms with Crippen molar-refractivity contribution < 1.29 is 32.3 Å². The van der Waals surface area contributed by atoms with Crippen LogP contribution in [0.3, 0.4) is 0 Å². The van der Waals surface area contributed by atoms with Gasteiger partial charge in [0.25, 0.3) is 5.91 Å². The van der Waals surface area contributed by atoms with Crippen LogP contribution in [-0.2, 0) is 26.5 Å². The summed E-state index contributed by atoms with van der Waals surface area (Å²) in [6.45, 7) is 6.51. The molecule has 2 aromatic heterocycles. The minimum Gasteiger partial charge on any atom is -0.435 e. The van der Waals surface area contributed by atoms with Gasteiger partial charge < -0.3 is 19.7 Å². The molecule has 2 N–H and O–H groups in total. The normalized spacial score (nSPS) is 15.9. The molecule has 1 unspecified atom stereocenters. The summed E-state index contributed by atoms with van der Waals surface area (Å²) in [6, 6.07) is 10.6. The molecule has 1 fully saturated rings. The monoisotopic (exact) mass is 612 g/mol. The summed E-state index contributed by atoms with van der Waals surface area (Å²) < 4.78 is 38.1. The smallest absolute Gasteiger partial charge is 0.435 e. The Morgan fingerprint density at radius 3 is 2.60 bits per heavy atom. The van der Waals surface area contributed by atoms with Gasteiger partial charge in [-0.05, 0) is 62.9 Å². The average Bonchev–Trinajstić information content (AvgIpc) is 3.34. The number of carbonyl (C=O) groups excluding carboxylic acids is 3. The van der Waals surface area contributed by atoms with Crippen molar-refractivity contribution in [3.8, 4) is 11.1 Å². The van der Waals surface area contributed by atoms with Crippen LogP contribution in [0.15, 0.2) is 48.8 Å². The Labute approximate surface area is 250 Å². The molecule has 0 saturated carbocycles. The number of anilines is 1. The summed E-state index contributed by atoms with van der Waals surface area (Å²) in [5.74, 6) is -0.893. The van der Waals surface area contributed by atoms with Crippen LogP contribution in [0, 0.1) is 6.92 Å². The number of hydrogen-bond donors (Lipinski definition) is 2. The minimum absolute atomic E-state index is 0.0363. The molecule has 1 saturated heterocycles. The summed E-state index contributed by atoms with van der Waals surface area (Å²) >= 11 is 0. The molecule has 1 amide bonds. The number of amides is 1. The number of Topliss-reactive ketones (excluding diaryl/α,β-unsaturated/α-hetero) is 1. The molecule has 2 atom stereocenters. The third kappa shape index (κ3) is 8.17. The highest BCUT2D eigenvalue weighted by Crippen LogP contribution is 2.25. The molecule has 1 aliphatic rings. The number of ketones is 1. The topological polar surface area (TPSA) is 162 Å². The molecule has 3 aromatic rings. The van der Waals surface area contributed by atoms with E-state index in [0.717, 1.165) is 30.8 Å². The number of pyridine rings is 1. The molecule has 0 aliphatic carbocycles. The molecule has 4 rings (SSSR count). The van der Waals surface area contributed by atoms with Crippen LogP contribution in [0.1, 0.15) is 53.1 Å². The van der Waals surface area contributed by atoms with E-state index >= 15 is 0 Å². The van der Waals surface area contributed by atoms with Gasteiger partial charge in [0.15, 0.2) is 12.0 Å². The van der Waals surface area contributed by atoms with Crippen molar-refractivity contribution in [2.24, 2.45) is 7.05 Å². The Hall–Kier alpha value is -4.30. The number of carbonyl (C=O) groups is 3. The number of rotatable bonds is 11. The highest BCUT2D eigenvalue weighted by atomic mass is 32.2. The second-order valence-electron chi connectivity index (χ2n) is 10.3. The molecule has 230 valence electrons. The second-order valence-corrected chi connectivity index (χ2v) is 12.0. The molecule has 3 heterocycles. The molecular weight excluding hydrogens is 576 g/mol. The lowest BCUT2D eigenvalue weighted by atomic mass is 10.0. The van der Waals surface area contributed by atoms with Gasteiger partial charge in [0.1, 0.15) is 17.3 Å². The number of sulfonamides is 1. The third-order valence-electron chi connectivity index (χ3n) is 6.90. The number of nitrogens with zero attached hydrogens (tertiary/aromatic N) is 4. The number of benzene rings is 1. The maximum atomic E-state index is 13.1. The highest BCUT2D eigenvalue weighted by Gasteiger charge is 2.27. The molecule has 0 radical (unpaired) electrons. The van der Waals surface area contributed by atoms with Gasteiger partial charge in [-0.3, -0.25) is 14.3 Å². The summed E-state index contributed by atoms with van der Waals surface area (Å²) in [5, 5.41) is 7.26. The number of piperidine rings is 1. The van der Waals surface area contributed by atoms with E-state index in [4.69, 9.17) is 4.74 Å². The van der Waals surface area contributed by atoms with Gasteiger partial charge in [0.05, 0.1) is 12.8 Å². The SMILES string of the molecule is CCOC(=O)OC(C)NS(=O)(=O)CC(=O)c1c(-c2ccc(C(=O)N[C@@H]3CCCN(c4ncccc4C)C3)cc2)cnn1C. The zero-order chi connectivity index (χ0) is 31.1. The van der Waals surface area contributed by atoms with Crippen LogP contribution < -0.4 is 14.9 Å². The van der Waals surface area contributed by atoms with E-state index in [0.29, 0.717) is 23.2 Å². The van der Waals surface area contributed by atoms with Gasteiger partial charge in [-0.15, -0.1) is 0 Å². The molecule has 0 spiro atoms. The number of aromatic nitrogens is 3. The summed E-state index contributed by atoms with van der Waals surface area (Å²) in [4.78, 5) is 44.3. The predicted molar refractivity (Wildman–Crippen MR) is 159 cm³/mol. The van der Waals surface area contributed by atoms with Gasteiger partial charge >= 0.3 is 6.16 Å². The Morgan fingerprint density at radius 2 is 1.91 bits per heavy atom. The fourth-order valence-electron chi connectivity index (χ4n) is 5.00. The van der Waals surface area contributed by atoms with E-state index in [1.54, 1.807) is 37.4 Å². The summed E-state index contributed by atoms with van der Waals surface area (Å²) in [5.41, 5.74) is 2.62. The molecule has 1 aliphatic heterocycles. The maximum absolute atomic E-state index is 13.1. The van der Waals surface area contributed by atoms with E-state index in [1.165, 1.54) is 24.9 Å². The van der Waals surface area contributed by atoms with E-state index in [9.17, 15) is 22.8 Å². The van der Waals surface area contributed by atoms with Gasteiger partial charge in [0.2, 0.25) is 10.0 Å². The van der Waals surface area contributed by atoms with Crippen molar-refractivity contribution in [1.29, 1.82) is 0 Å². The summed E-state index contributed by atoms with van der Waals surface area (Å²) in [6.07, 6.45) is 2.75. The van der Waals surface area contributed by atoms with Crippen LogP contribution in [-0.4, -0.2) is 78.7 Å². The fourth-order valence-corrected chi connectivity index (χ4v) is 6.12. The Morgan fingerprint density at radius 1 is 1.16 bits per heavy atom. The Balaban J connectivity index is 1.40. The highest BCUT2D eigenvalue weighted by molar-refractivity contribution is 7.90. The van der Waals surface area contributed by atoms with E-state index in [2.05, 4.69) is 29.8 Å². The van der Waals surface area contributed by atoms with Crippen LogP contribution >= 0.6 is 0 Å². The lowest BCUT2D eigenvalue weighted by Gasteiger charge is -2.34. The average molecular weight is 613 g/mol. The molecule has 13 nitrogen and oxygen atoms in total. The number of aryl methyl sites for hydroxylation is 2. The van der Waals surface area contributed by atoms with Crippen molar-refractivity contribution in [2.75, 3.05) is 30.3 Å². The standard InChI is InChI=1S/C29H36N6O7S/c1-5-41-29(38)42-20(3)33-43(39,40)18-25(36)26-24(16-31-34(26)4)21-10-12-22(13-11-21)28(37)32-23-9-7-15-35(17-23)27-19(2)8-6-14-30-27/h6,8,10-14,16,20,23,33H,5,7,9,15,17-18H2,1-4H3,(H,32,37)/t20?,23-/m1/s1. The zero-order valence-electron chi connectivity index (χ0n) is 24.6. The number of hydrogen-bond acceptors (Lipinski definition) is 10. The Kier molecular flexibility index (Phi) is 10.1. The first-order chi connectivity index (χ1) is 20.5. The second kappa shape index (κ2) is 13.8. The maximum Gasteiger partial charge on any atom is 0.509 e. The van der Waals surface area contributed by atoms with Gasteiger partial charge in [0, 0.05) is 43.5 Å². The van der Waals surface area contributed by atoms with Gasteiger partial charge in [-0.25, -0.2) is 18.2 Å². The van der Waals surface area contributed by atoms with Crippen LogP contribution in [0.4, 0.5) is 10.6 Å². The van der Waals surface area contributed by atoms with Crippen molar-refractivity contribution in [3.05, 3.63) is 65.6 Å². The first-order valence-corrected chi connectivity index (χ1v) is 15.6. The van der Waals surface area contributed by atoms with Crippen molar-refractivity contribution in [3.63, 3.8) is 0 Å². The van der Waals surface area contributed by atoms with Crippen LogP contribution in [0.2, 0.25) is 0 Å². The summed E-state index contributed by atoms with van der Waals surface area (Å²) in [7, 11) is -2.64. The third-order valence-corrected chi connectivity index (χ3v) is 8.23. The fraction of sp³-hybridized carbons (Fsp3) is 0.414. The zero-order valence-corrected chi connectivity index (χ0v) is 25.4. The number of nitrogens with one attached hydrogen (secondary N) is 2. The van der Waals surface area contributed by atoms with Gasteiger partial charge in [-0.1, -0.05) is 18.2 Å². The van der Waals surface area contributed by atoms with Crippen LogP contribution in [0.5, 0.6) is 0 Å². The van der Waals surface area contributed by atoms with E-state index in [1.807, 2.05) is 19.1 Å². The predicted octanol–water partition coefficient (Wildman–Crippen LogP) is 2.81. The molecule has 43 heavy (non-hydrogen) atoms. The van der Waals surface area contributed by atoms with Crippen molar-refractivity contribution in [1.82, 2.24) is 24.8 Å². The minimum atomic E-state index is -4.17. The molecule has 14 heteroatoms. The lowest BCUT2D eigenvalue weighted by Crippen LogP contribution is -2.48. The lowest BCUT2D eigenvalue weighted by molar-refractivity contribution is 0.0291. The van der Waals surface area contributed by atoms with E-state index < -0.39 is 33.9 Å². The van der Waals surface area contributed by atoms with Gasteiger partial charge in [-0.2, -0.15) is 9.82 Å². The quantitative estimate of drug-likeness (QED) is 0.187. The van der Waals surface area contributed by atoms with Crippen molar-refractivity contribution >= 4 is 33.7 Å². The Bertz CT molecular complexity index is 1570. The van der Waals surface area contributed by atoms with Crippen LogP contribution in [0.25, 0.3) is 11.1 Å². The van der Waals surface area contributed by atoms with E-state index in [-0.39, 0.29) is 24.2 Å². The largest absolute Gasteiger partial charge is 0.509 e. The number of ether oxygens (including phenoxy) is 2. The van der Waals surface area contributed by atoms with Crippen molar-refractivity contribution in [2.45, 2.75) is 45.9 Å². The first-order valence-electron chi connectivity index (χ1n) is 13.9. The molecular formula is C29H36N6O7S. The first kappa shape index (κ1) is 31.6. The molecule has 1 aromatic carbocycles. The molecule has 0 bridgehead atoms.